The van der Waals surface area contributed by atoms with E-state index in [9.17, 15) is 29.4 Å². The van der Waals surface area contributed by atoms with Gasteiger partial charge in [0.1, 0.15) is 28.9 Å². The van der Waals surface area contributed by atoms with Gasteiger partial charge in [-0.2, -0.15) is 0 Å². The molecule has 1 saturated heterocycles. The molecule has 168 valence electrons. The van der Waals surface area contributed by atoms with Crippen LogP contribution >= 0.6 is 11.8 Å². The van der Waals surface area contributed by atoms with Crippen LogP contribution in [0.3, 0.4) is 0 Å². The third-order valence-electron chi connectivity index (χ3n) is 5.52. The number of carbonyl (C=O) groups is 3. The van der Waals surface area contributed by atoms with E-state index in [4.69, 9.17) is 4.74 Å². The summed E-state index contributed by atoms with van der Waals surface area (Å²) in [4.78, 5) is 55.2. The maximum Gasteiger partial charge on any atom is 0.353 e. The maximum absolute atomic E-state index is 12.9. The van der Waals surface area contributed by atoms with Gasteiger partial charge in [-0.1, -0.05) is 11.8 Å². The van der Waals surface area contributed by atoms with Crippen LogP contribution in [0.5, 0.6) is 0 Å². The van der Waals surface area contributed by atoms with Gasteiger partial charge in [-0.05, 0) is 32.4 Å². The third kappa shape index (κ3) is 3.37. The van der Waals surface area contributed by atoms with Gasteiger partial charge in [0.2, 0.25) is 11.3 Å². The first-order chi connectivity index (χ1) is 15.1. The highest BCUT2D eigenvalue weighted by molar-refractivity contribution is 8.04. The van der Waals surface area contributed by atoms with E-state index in [1.165, 1.54) is 13.1 Å². The lowest BCUT2D eigenvalue weighted by Crippen LogP contribution is -2.60. The van der Waals surface area contributed by atoms with E-state index in [-0.39, 0.29) is 21.6 Å². The molecule has 0 saturated carbocycles. The topological polar surface area (TPSA) is 139 Å². The molecule has 3 atom stereocenters. The number of hydrogen-bond acceptors (Lipinski definition) is 8. The normalized spacial score (nSPS) is 20.9. The highest BCUT2D eigenvalue weighted by atomic mass is 32.2. The molecule has 2 aromatic heterocycles. The minimum absolute atomic E-state index is 0.182. The lowest BCUT2D eigenvalue weighted by molar-refractivity contribution is -0.156. The van der Waals surface area contributed by atoms with Gasteiger partial charge in [0.15, 0.2) is 0 Å². The fraction of sp³-hybridized carbons (Fsp3) is 0.381. The number of amides is 1. The summed E-state index contributed by atoms with van der Waals surface area (Å²) in [5.41, 5.74) is 0.246. The van der Waals surface area contributed by atoms with Crippen molar-refractivity contribution in [3.63, 3.8) is 0 Å². The van der Waals surface area contributed by atoms with Crippen molar-refractivity contribution in [2.24, 2.45) is 5.92 Å². The number of β-lactam (4-membered cyclic amide) rings is 1. The molecular formula is C21H21N3O7S. The number of fused-ring (bicyclic) bond motifs is 2. The average molecular weight is 459 g/mol. The Morgan fingerprint density at radius 3 is 2.69 bits per heavy atom. The van der Waals surface area contributed by atoms with E-state index in [1.54, 1.807) is 23.8 Å². The second-order valence-corrected chi connectivity index (χ2v) is 8.89. The van der Waals surface area contributed by atoms with Crippen LogP contribution < -0.4 is 5.43 Å². The number of thioether (sulfide) groups is 1. The molecule has 2 unspecified atom stereocenters. The third-order valence-corrected chi connectivity index (χ3v) is 6.86. The number of rotatable bonds is 6. The first-order valence-corrected chi connectivity index (χ1v) is 10.8. The molecule has 0 bridgehead atoms. The molecule has 10 nitrogen and oxygen atoms in total. The maximum atomic E-state index is 12.9. The Labute approximate surface area is 186 Å². The van der Waals surface area contributed by atoms with Crippen molar-refractivity contribution in [1.29, 1.82) is 0 Å². The molecule has 0 aliphatic carbocycles. The smallest absolute Gasteiger partial charge is 0.353 e. The first kappa shape index (κ1) is 22.0. The zero-order valence-electron chi connectivity index (χ0n) is 17.6. The van der Waals surface area contributed by atoms with Crippen molar-refractivity contribution < 1.29 is 29.3 Å². The number of aliphatic carboxylic acids is 1. The summed E-state index contributed by atoms with van der Waals surface area (Å²) in [6.07, 6.45) is 2.08. The Bertz CT molecular complexity index is 1250. The Balaban J connectivity index is 1.61. The zero-order valence-corrected chi connectivity index (χ0v) is 18.4. The van der Waals surface area contributed by atoms with E-state index in [1.807, 2.05) is 6.92 Å². The largest absolute Gasteiger partial charge is 0.477 e. The van der Waals surface area contributed by atoms with Gasteiger partial charge in [0.05, 0.1) is 22.3 Å². The fourth-order valence-corrected chi connectivity index (χ4v) is 5.45. The van der Waals surface area contributed by atoms with Crippen molar-refractivity contribution in [3.05, 3.63) is 50.4 Å². The van der Waals surface area contributed by atoms with E-state index in [0.717, 1.165) is 22.2 Å². The molecule has 32 heavy (non-hydrogen) atoms. The van der Waals surface area contributed by atoms with Crippen LogP contribution in [0.2, 0.25) is 0 Å². The van der Waals surface area contributed by atoms with Gasteiger partial charge in [-0.15, -0.1) is 0 Å². The number of esters is 1. The summed E-state index contributed by atoms with van der Waals surface area (Å²) in [7, 11) is 0. The van der Waals surface area contributed by atoms with Crippen molar-refractivity contribution in [2.45, 2.75) is 38.8 Å². The minimum atomic E-state index is -1.33. The molecule has 2 aliphatic rings. The number of hydrogen-bond donors (Lipinski definition) is 2. The monoisotopic (exact) mass is 459 g/mol. The lowest BCUT2D eigenvalue weighted by atomic mass is 9.92. The molecule has 4 rings (SSSR count). The fourth-order valence-electron chi connectivity index (χ4n) is 3.93. The van der Waals surface area contributed by atoms with Crippen LogP contribution in [0.15, 0.2) is 33.9 Å². The molecule has 2 N–H and O–H groups in total. The van der Waals surface area contributed by atoms with Gasteiger partial charge in [-0.25, -0.2) is 14.6 Å². The Kier molecular flexibility index (Phi) is 5.55. The number of aryl methyl sites for hydroxylation is 2. The molecule has 2 aliphatic heterocycles. The quantitative estimate of drug-likeness (QED) is 0.480. The number of ether oxygens (including phenoxy) is 1. The SMILES string of the molecule is CCn1cc(C(=O)OCC2=C(C(=O)O)N3C(=O)C([C@@H](C)O)C3S2)c(=O)c2cc(C)cnc21. The number of carboxylic acids is 1. The van der Waals surface area contributed by atoms with Crippen molar-refractivity contribution in [3.8, 4) is 0 Å². The average Bonchev–Trinajstić information content (AvgIpc) is 3.06. The molecule has 4 heterocycles. The standard InChI is InChI=1S/C21H21N3O7S/c1-4-23-7-12(16(26)11-5-9(2)6-22-17(11)23)21(30)31-8-13-15(20(28)29)24-18(27)14(10(3)25)19(24)32-13/h5-7,10,14,19,25H,4,8H2,1-3H3,(H,28,29)/t10-,14?,19?/m1/s1. The molecule has 0 radical (unpaired) electrons. The molecule has 0 aromatic carbocycles. The molecule has 11 heteroatoms. The summed E-state index contributed by atoms with van der Waals surface area (Å²) in [5.74, 6) is -3.44. The molecule has 1 amide bonds. The predicted octanol–water partition coefficient (Wildman–Crippen LogP) is 1.09. The summed E-state index contributed by atoms with van der Waals surface area (Å²) in [5, 5.41) is 19.1. The highest BCUT2D eigenvalue weighted by Gasteiger charge is 2.57. The van der Waals surface area contributed by atoms with E-state index in [0.29, 0.717) is 12.2 Å². The van der Waals surface area contributed by atoms with Crippen molar-refractivity contribution in [1.82, 2.24) is 14.5 Å². The predicted molar refractivity (Wildman–Crippen MR) is 115 cm³/mol. The van der Waals surface area contributed by atoms with Gasteiger partial charge >= 0.3 is 11.9 Å². The van der Waals surface area contributed by atoms with Crippen LogP contribution in [-0.4, -0.2) is 60.6 Å². The van der Waals surface area contributed by atoms with Crippen LogP contribution in [0.1, 0.15) is 29.8 Å². The Morgan fingerprint density at radius 2 is 2.06 bits per heavy atom. The van der Waals surface area contributed by atoms with Crippen LogP contribution in [0.25, 0.3) is 11.0 Å². The van der Waals surface area contributed by atoms with E-state index in [2.05, 4.69) is 4.98 Å². The number of carboxylic acid groups (broad SMARTS) is 1. The summed E-state index contributed by atoms with van der Waals surface area (Å²) >= 11 is 1.06. The minimum Gasteiger partial charge on any atom is -0.477 e. The highest BCUT2D eigenvalue weighted by Crippen LogP contribution is 2.50. The van der Waals surface area contributed by atoms with E-state index < -0.39 is 47.3 Å². The number of aromatic nitrogens is 2. The number of carbonyl (C=O) groups excluding carboxylic acids is 2. The van der Waals surface area contributed by atoms with Gasteiger partial charge in [0, 0.05) is 18.9 Å². The van der Waals surface area contributed by atoms with Crippen LogP contribution in [-0.2, 0) is 20.9 Å². The van der Waals surface area contributed by atoms with Crippen molar-refractivity contribution >= 4 is 40.6 Å². The van der Waals surface area contributed by atoms with Crippen LogP contribution in [0.4, 0.5) is 0 Å². The summed E-state index contributed by atoms with van der Waals surface area (Å²) in [6, 6.07) is 1.65. The Hall–Kier alpha value is -3.18. The first-order valence-electron chi connectivity index (χ1n) is 9.96. The summed E-state index contributed by atoms with van der Waals surface area (Å²) < 4.78 is 6.96. The lowest BCUT2D eigenvalue weighted by Gasteiger charge is -2.43. The molecule has 2 aromatic rings. The second-order valence-electron chi connectivity index (χ2n) is 7.68. The number of pyridine rings is 2. The summed E-state index contributed by atoms with van der Waals surface area (Å²) in [6.45, 7) is 5.16. The molecule has 0 spiro atoms. The Morgan fingerprint density at radius 1 is 1.34 bits per heavy atom. The number of nitrogens with zero attached hydrogens (tertiary/aromatic N) is 3. The number of aliphatic hydroxyl groups is 1. The van der Waals surface area contributed by atoms with Gasteiger partial charge in [0.25, 0.3) is 0 Å². The molecular weight excluding hydrogens is 438 g/mol. The van der Waals surface area contributed by atoms with Crippen LogP contribution in [0, 0.1) is 12.8 Å². The van der Waals surface area contributed by atoms with Crippen molar-refractivity contribution in [2.75, 3.05) is 6.61 Å². The van der Waals surface area contributed by atoms with Gasteiger partial charge < -0.3 is 19.5 Å². The van der Waals surface area contributed by atoms with Gasteiger partial charge in [-0.3, -0.25) is 14.5 Å². The zero-order chi connectivity index (χ0) is 23.3. The molecule has 1 fully saturated rings. The van der Waals surface area contributed by atoms with E-state index >= 15 is 0 Å². The number of aliphatic hydroxyl groups excluding tert-OH is 1. The second kappa shape index (κ2) is 8.06.